The van der Waals surface area contributed by atoms with Gasteiger partial charge in [0.2, 0.25) is 0 Å². The van der Waals surface area contributed by atoms with Gasteiger partial charge in [-0.1, -0.05) is 36.4 Å². The van der Waals surface area contributed by atoms with Crippen molar-refractivity contribution in [1.82, 2.24) is 4.57 Å². The smallest absolute Gasteiger partial charge is 0.173 e. The molecular formula is C27H29N5. The number of amidine groups is 1. The normalized spacial score (nSPS) is 18.7. The van der Waals surface area contributed by atoms with Crippen molar-refractivity contribution < 1.29 is 0 Å². The fourth-order valence-corrected chi connectivity index (χ4v) is 5.46. The predicted octanol–water partition coefficient (Wildman–Crippen LogP) is 7.17. The van der Waals surface area contributed by atoms with E-state index >= 15 is 0 Å². The molecule has 1 saturated carbocycles. The summed E-state index contributed by atoms with van der Waals surface area (Å²) < 4.78 is 2.46. The van der Waals surface area contributed by atoms with E-state index in [-0.39, 0.29) is 5.84 Å². The molecule has 3 aromatic carbocycles. The van der Waals surface area contributed by atoms with Gasteiger partial charge in [-0.25, -0.2) is 5.53 Å². The molecule has 3 N–H and O–H groups in total. The summed E-state index contributed by atoms with van der Waals surface area (Å²) in [7, 11) is 2.01. The minimum Gasteiger partial charge on any atom is -0.388 e. The molecule has 0 unspecified atom stereocenters. The number of hydrogen-bond acceptors (Lipinski definition) is 3. The molecule has 1 heterocycles. The topological polar surface area (TPSA) is 77.0 Å². The van der Waals surface area contributed by atoms with Crippen LogP contribution in [0.3, 0.4) is 0 Å². The Morgan fingerprint density at radius 1 is 0.938 bits per heavy atom. The molecule has 1 aromatic heterocycles. The molecule has 0 amide bonds. The van der Waals surface area contributed by atoms with E-state index in [9.17, 15) is 0 Å². The van der Waals surface area contributed by atoms with E-state index in [0.717, 1.165) is 11.9 Å². The molecule has 0 saturated heterocycles. The first-order valence-corrected chi connectivity index (χ1v) is 11.4. The van der Waals surface area contributed by atoms with E-state index in [0.29, 0.717) is 17.4 Å². The second-order valence-electron chi connectivity index (χ2n) is 8.87. The molecule has 0 atom stereocenters. The monoisotopic (exact) mass is 423 g/mol. The molecule has 5 nitrogen and oxygen atoms in total. The maximum absolute atomic E-state index is 7.93. The fraction of sp³-hybridized carbons (Fsp3) is 0.296. The molecule has 5 heteroatoms. The van der Waals surface area contributed by atoms with Gasteiger partial charge in [-0.05, 0) is 73.4 Å². The van der Waals surface area contributed by atoms with Gasteiger partial charge in [0.05, 0.1) is 0 Å². The Hall–Kier alpha value is -3.47. The zero-order chi connectivity index (χ0) is 22.1. The predicted molar refractivity (Wildman–Crippen MR) is 132 cm³/mol. The third-order valence-corrected chi connectivity index (χ3v) is 7.12. The molecule has 0 spiro atoms. The number of para-hydroxylation sites is 2. The van der Waals surface area contributed by atoms with Crippen LogP contribution in [0.25, 0.3) is 21.8 Å². The van der Waals surface area contributed by atoms with E-state index in [1.165, 1.54) is 53.4 Å². The van der Waals surface area contributed by atoms with Crippen LogP contribution in [0.1, 0.15) is 42.7 Å². The summed E-state index contributed by atoms with van der Waals surface area (Å²) >= 11 is 0. The molecule has 0 radical (unpaired) electrons. The summed E-state index contributed by atoms with van der Waals surface area (Å²) in [5.74, 6) is 1.30. The lowest BCUT2D eigenvalue weighted by Crippen LogP contribution is -2.18. The molecule has 5 rings (SSSR count). The van der Waals surface area contributed by atoms with E-state index in [2.05, 4.69) is 69.6 Å². The highest BCUT2D eigenvalue weighted by Crippen LogP contribution is 2.40. The first-order chi connectivity index (χ1) is 15.7. The van der Waals surface area contributed by atoms with E-state index in [1.807, 2.05) is 19.2 Å². The summed E-state index contributed by atoms with van der Waals surface area (Å²) in [4.78, 5) is 0. The first-order valence-electron chi connectivity index (χ1n) is 11.4. The van der Waals surface area contributed by atoms with Crippen molar-refractivity contribution in [2.75, 3.05) is 12.4 Å². The fourth-order valence-electron chi connectivity index (χ4n) is 5.46. The van der Waals surface area contributed by atoms with Crippen molar-refractivity contribution in [1.29, 1.82) is 10.9 Å². The van der Waals surface area contributed by atoms with Gasteiger partial charge < -0.3 is 9.88 Å². The summed E-state index contributed by atoms with van der Waals surface area (Å²) in [5, 5.41) is 16.9. The summed E-state index contributed by atoms with van der Waals surface area (Å²) in [5.41, 5.74) is 13.1. The van der Waals surface area contributed by atoms with Crippen molar-refractivity contribution in [3.8, 4) is 0 Å². The number of aromatic nitrogens is 1. The minimum atomic E-state index is 0.00361. The quantitative estimate of drug-likeness (QED) is 0.178. The van der Waals surface area contributed by atoms with Crippen LogP contribution in [-0.2, 0) is 6.54 Å². The maximum Gasteiger partial charge on any atom is 0.173 e. The third-order valence-electron chi connectivity index (χ3n) is 7.12. The van der Waals surface area contributed by atoms with Gasteiger partial charge in [-0.2, -0.15) is 0 Å². The SMILES string of the molecule is CNc1ccccc1C1CCC(Cn2c3ccccc3c3cc(C(=N)N=N)ccc32)CC1. The molecule has 1 aliphatic carbocycles. The zero-order valence-corrected chi connectivity index (χ0v) is 18.4. The third kappa shape index (κ3) is 3.58. The number of rotatable bonds is 5. The standard InChI is InChI=1S/C27H29N5/c1-30-24-8-4-2-6-21(24)19-12-10-18(11-13-19)17-32-25-9-5-3-7-22(25)23-16-20(27(28)31-29)14-15-26(23)32/h2-9,14-16,18-19,28-30H,10-13,17H2,1H3. The lowest BCUT2D eigenvalue weighted by atomic mass is 9.78. The van der Waals surface area contributed by atoms with Crippen LogP contribution < -0.4 is 5.32 Å². The van der Waals surface area contributed by atoms with Crippen molar-refractivity contribution in [3.05, 3.63) is 77.9 Å². The lowest BCUT2D eigenvalue weighted by Gasteiger charge is -2.30. The van der Waals surface area contributed by atoms with Crippen LogP contribution in [0, 0.1) is 16.9 Å². The molecule has 1 aliphatic rings. The Kier molecular flexibility index (Phi) is 5.48. The van der Waals surface area contributed by atoms with Crippen LogP contribution in [-0.4, -0.2) is 17.5 Å². The lowest BCUT2D eigenvalue weighted by molar-refractivity contribution is 0.299. The van der Waals surface area contributed by atoms with Gasteiger partial charge in [0.15, 0.2) is 5.84 Å². The van der Waals surface area contributed by atoms with E-state index < -0.39 is 0 Å². The highest BCUT2D eigenvalue weighted by molar-refractivity contribution is 6.11. The Morgan fingerprint density at radius 3 is 2.44 bits per heavy atom. The second kappa shape index (κ2) is 8.58. The minimum absolute atomic E-state index is 0.00361. The number of fused-ring (bicyclic) bond motifs is 3. The molecule has 162 valence electrons. The first kappa shape index (κ1) is 20.4. The van der Waals surface area contributed by atoms with Crippen LogP contribution in [0.2, 0.25) is 0 Å². The van der Waals surface area contributed by atoms with Gasteiger partial charge >= 0.3 is 0 Å². The molecule has 32 heavy (non-hydrogen) atoms. The zero-order valence-electron chi connectivity index (χ0n) is 18.4. The van der Waals surface area contributed by atoms with Crippen molar-refractivity contribution in [3.63, 3.8) is 0 Å². The summed E-state index contributed by atoms with van der Waals surface area (Å²) in [6.45, 7) is 1.02. The average molecular weight is 424 g/mol. The maximum atomic E-state index is 7.93. The van der Waals surface area contributed by atoms with Crippen molar-refractivity contribution in [2.24, 2.45) is 11.0 Å². The molecule has 0 aliphatic heterocycles. The van der Waals surface area contributed by atoms with Gasteiger partial charge in [0, 0.05) is 46.6 Å². The van der Waals surface area contributed by atoms with Crippen LogP contribution in [0.4, 0.5) is 5.69 Å². The molecular weight excluding hydrogens is 394 g/mol. The van der Waals surface area contributed by atoms with E-state index in [4.69, 9.17) is 10.9 Å². The van der Waals surface area contributed by atoms with Crippen LogP contribution in [0.5, 0.6) is 0 Å². The van der Waals surface area contributed by atoms with Gasteiger partial charge in [0.1, 0.15) is 0 Å². The Labute approximate surface area is 188 Å². The number of nitrogens with one attached hydrogen (secondary N) is 3. The average Bonchev–Trinajstić information content (AvgIpc) is 3.17. The van der Waals surface area contributed by atoms with Crippen LogP contribution >= 0.6 is 0 Å². The van der Waals surface area contributed by atoms with Gasteiger partial charge in [-0.3, -0.25) is 5.41 Å². The number of nitrogens with zero attached hydrogens (tertiary/aromatic N) is 2. The highest BCUT2D eigenvalue weighted by atomic mass is 15.0. The number of hydrogen-bond donors (Lipinski definition) is 3. The Morgan fingerprint density at radius 2 is 1.66 bits per heavy atom. The Bertz CT molecular complexity index is 1290. The summed E-state index contributed by atoms with van der Waals surface area (Å²) in [6, 6.07) is 23.3. The second-order valence-corrected chi connectivity index (χ2v) is 8.87. The molecule has 0 bridgehead atoms. The van der Waals surface area contributed by atoms with Crippen molar-refractivity contribution >= 4 is 33.3 Å². The van der Waals surface area contributed by atoms with E-state index in [1.54, 1.807) is 0 Å². The van der Waals surface area contributed by atoms with Crippen LogP contribution in [0.15, 0.2) is 71.8 Å². The van der Waals surface area contributed by atoms with Crippen molar-refractivity contribution in [2.45, 2.75) is 38.1 Å². The Balaban J connectivity index is 1.42. The molecule has 1 fully saturated rings. The number of anilines is 1. The molecule has 4 aromatic rings. The largest absolute Gasteiger partial charge is 0.388 e. The number of benzene rings is 3. The van der Waals surface area contributed by atoms with Gasteiger partial charge in [-0.15, -0.1) is 5.11 Å². The van der Waals surface area contributed by atoms with Gasteiger partial charge in [0.25, 0.3) is 0 Å². The summed E-state index contributed by atoms with van der Waals surface area (Å²) in [6.07, 6.45) is 4.92. The highest BCUT2D eigenvalue weighted by Gasteiger charge is 2.25.